The quantitative estimate of drug-likeness (QED) is 0.376. The third-order valence-electron chi connectivity index (χ3n) is 4.29. The molecule has 0 aliphatic heterocycles. The van der Waals surface area contributed by atoms with Gasteiger partial charge in [-0.15, -0.1) is 0 Å². The summed E-state index contributed by atoms with van der Waals surface area (Å²) in [6, 6.07) is 26.2. The second-order valence-electron chi connectivity index (χ2n) is 6.59. The molecule has 0 bridgehead atoms. The van der Waals surface area contributed by atoms with Gasteiger partial charge in [0.25, 0.3) is 0 Å². The van der Waals surface area contributed by atoms with Crippen LogP contribution in [0, 0.1) is 0 Å². The fourth-order valence-electron chi connectivity index (χ4n) is 2.81. The van der Waals surface area contributed by atoms with E-state index in [1.807, 2.05) is 66.7 Å². The molecule has 1 aromatic heterocycles. The van der Waals surface area contributed by atoms with Crippen LogP contribution in [0.3, 0.4) is 0 Å². The van der Waals surface area contributed by atoms with Gasteiger partial charge in [-0.2, -0.15) is 4.98 Å². The molecular weight excluding hydrogens is 376 g/mol. The van der Waals surface area contributed by atoms with Crippen molar-refractivity contribution in [2.24, 2.45) is 0 Å². The Labute approximate surface area is 174 Å². The minimum Gasteiger partial charge on any atom is -0.457 e. The van der Waals surface area contributed by atoms with Gasteiger partial charge < -0.3 is 15.4 Å². The Bertz CT molecular complexity index is 1150. The maximum atomic E-state index is 11.6. The summed E-state index contributed by atoms with van der Waals surface area (Å²) < 4.78 is 5.80. The zero-order valence-electron chi connectivity index (χ0n) is 16.4. The molecule has 0 fully saturated rings. The number of aromatic nitrogens is 2. The number of hydrogen-bond acceptors (Lipinski definition) is 6. The first-order valence-corrected chi connectivity index (χ1v) is 9.47. The Balaban J connectivity index is 1.43. The predicted octanol–water partition coefficient (Wildman–Crippen LogP) is 5.96. The van der Waals surface area contributed by atoms with Gasteiger partial charge in [0.15, 0.2) is 5.78 Å². The molecule has 3 aromatic carbocycles. The van der Waals surface area contributed by atoms with E-state index in [4.69, 9.17) is 4.74 Å². The summed E-state index contributed by atoms with van der Waals surface area (Å²) in [5, 5.41) is 6.38. The first kappa shape index (κ1) is 19.1. The zero-order valence-corrected chi connectivity index (χ0v) is 16.4. The smallest absolute Gasteiger partial charge is 0.229 e. The maximum absolute atomic E-state index is 11.6. The molecule has 0 aliphatic carbocycles. The number of carbonyl (C=O) groups is 1. The van der Waals surface area contributed by atoms with Gasteiger partial charge >= 0.3 is 0 Å². The highest BCUT2D eigenvalue weighted by atomic mass is 16.5. The monoisotopic (exact) mass is 396 g/mol. The van der Waals surface area contributed by atoms with Crippen LogP contribution in [0.15, 0.2) is 91.1 Å². The second kappa shape index (κ2) is 8.87. The molecule has 0 radical (unpaired) electrons. The second-order valence-corrected chi connectivity index (χ2v) is 6.59. The van der Waals surface area contributed by atoms with Gasteiger partial charge in [-0.25, -0.2) is 4.98 Å². The fourth-order valence-corrected chi connectivity index (χ4v) is 2.81. The lowest BCUT2D eigenvalue weighted by atomic mass is 10.1. The SMILES string of the molecule is CC(=O)c1cccc(Nc2ccnc(Nc3ccc(Oc4ccccc4)cc3)n2)c1. The Morgan fingerprint density at radius 2 is 1.57 bits per heavy atom. The van der Waals surface area contributed by atoms with Gasteiger partial charge in [0.1, 0.15) is 17.3 Å². The van der Waals surface area contributed by atoms with Gasteiger partial charge in [0.2, 0.25) is 5.95 Å². The van der Waals surface area contributed by atoms with Crippen molar-refractivity contribution in [1.82, 2.24) is 9.97 Å². The lowest BCUT2D eigenvalue weighted by Gasteiger charge is -2.10. The Morgan fingerprint density at radius 1 is 0.800 bits per heavy atom. The van der Waals surface area contributed by atoms with Crippen molar-refractivity contribution in [3.63, 3.8) is 0 Å². The molecule has 4 aromatic rings. The topological polar surface area (TPSA) is 76.1 Å². The van der Waals surface area contributed by atoms with Crippen molar-refractivity contribution in [2.45, 2.75) is 6.92 Å². The Kier molecular flexibility index (Phi) is 5.66. The number of anilines is 4. The molecule has 0 saturated heterocycles. The molecule has 2 N–H and O–H groups in total. The number of benzene rings is 3. The van der Waals surface area contributed by atoms with Crippen molar-refractivity contribution >= 4 is 28.9 Å². The number of rotatable bonds is 7. The van der Waals surface area contributed by atoms with Gasteiger partial charge in [0.05, 0.1) is 0 Å². The third kappa shape index (κ3) is 4.99. The summed E-state index contributed by atoms with van der Waals surface area (Å²) in [7, 11) is 0. The average molecular weight is 396 g/mol. The number of hydrogen-bond donors (Lipinski definition) is 2. The van der Waals surface area contributed by atoms with Crippen LogP contribution >= 0.6 is 0 Å². The number of nitrogens with one attached hydrogen (secondary N) is 2. The number of carbonyl (C=O) groups excluding carboxylic acids is 1. The van der Waals surface area contributed by atoms with Gasteiger partial charge in [-0.3, -0.25) is 4.79 Å². The normalized spacial score (nSPS) is 10.3. The lowest BCUT2D eigenvalue weighted by molar-refractivity contribution is 0.101. The molecule has 0 saturated carbocycles. The largest absolute Gasteiger partial charge is 0.457 e. The molecule has 0 atom stereocenters. The number of ketones is 1. The van der Waals surface area contributed by atoms with Crippen LogP contribution < -0.4 is 15.4 Å². The van der Waals surface area contributed by atoms with E-state index in [1.165, 1.54) is 0 Å². The van der Waals surface area contributed by atoms with E-state index in [2.05, 4.69) is 20.6 Å². The molecular formula is C24H20N4O2. The summed E-state index contributed by atoms with van der Waals surface area (Å²) in [5.74, 6) is 2.63. The molecule has 148 valence electrons. The minimum atomic E-state index is 0.0170. The van der Waals surface area contributed by atoms with Crippen LogP contribution in [0.2, 0.25) is 0 Å². The van der Waals surface area contributed by atoms with Crippen molar-refractivity contribution in [3.05, 3.63) is 96.7 Å². The van der Waals surface area contributed by atoms with Crippen LogP contribution in [0.4, 0.5) is 23.1 Å². The molecule has 0 amide bonds. The van der Waals surface area contributed by atoms with Crippen LogP contribution in [0.25, 0.3) is 0 Å². The van der Waals surface area contributed by atoms with E-state index < -0.39 is 0 Å². The molecule has 0 spiro atoms. The fraction of sp³-hybridized carbons (Fsp3) is 0.0417. The summed E-state index contributed by atoms with van der Waals surface area (Å²) in [5.41, 5.74) is 2.27. The molecule has 4 rings (SSSR count). The molecule has 1 heterocycles. The van der Waals surface area contributed by atoms with Crippen molar-refractivity contribution in [1.29, 1.82) is 0 Å². The number of para-hydroxylation sites is 1. The Hall–Kier alpha value is -4.19. The van der Waals surface area contributed by atoms with Crippen LogP contribution in [0.1, 0.15) is 17.3 Å². The van der Waals surface area contributed by atoms with E-state index >= 15 is 0 Å². The average Bonchev–Trinajstić information content (AvgIpc) is 2.76. The molecule has 0 aliphatic rings. The van der Waals surface area contributed by atoms with Crippen LogP contribution in [0.5, 0.6) is 11.5 Å². The Morgan fingerprint density at radius 3 is 2.33 bits per heavy atom. The predicted molar refractivity (Wildman–Crippen MR) is 118 cm³/mol. The van der Waals surface area contributed by atoms with Crippen LogP contribution in [-0.2, 0) is 0 Å². The van der Waals surface area contributed by atoms with E-state index in [1.54, 1.807) is 31.3 Å². The maximum Gasteiger partial charge on any atom is 0.229 e. The summed E-state index contributed by atoms with van der Waals surface area (Å²) in [6.07, 6.45) is 1.67. The molecule has 6 heteroatoms. The molecule has 30 heavy (non-hydrogen) atoms. The first-order chi connectivity index (χ1) is 14.7. The first-order valence-electron chi connectivity index (χ1n) is 9.47. The van der Waals surface area contributed by atoms with E-state index in [9.17, 15) is 4.79 Å². The summed E-state index contributed by atoms with van der Waals surface area (Å²) in [6.45, 7) is 1.54. The highest BCUT2D eigenvalue weighted by Gasteiger charge is 2.04. The summed E-state index contributed by atoms with van der Waals surface area (Å²) >= 11 is 0. The number of nitrogens with zero attached hydrogens (tertiary/aromatic N) is 2. The van der Waals surface area contributed by atoms with Gasteiger partial charge in [0, 0.05) is 23.1 Å². The van der Waals surface area contributed by atoms with Crippen LogP contribution in [-0.4, -0.2) is 15.8 Å². The van der Waals surface area contributed by atoms with E-state index in [0.29, 0.717) is 17.3 Å². The third-order valence-corrected chi connectivity index (χ3v) is 4.29. The van der Waals surface area contributed by atoms with Crippen molar-refractivity contribution in [2.75, 3.05) is 10.6 Å². The van der Waals surface area contributed by atoms with Gasteiger partial charge in [-0.1, -0.05) is 30.3 Å². The minimum absolute atomic E-state index is 0.0170. The van der Waals surface area contributed by atoms with E-state index in [0.717, 1.165) is 22.9 Å². The number of Topliss-reactive ketones (excluding diaryl/α,β-unsaturated/α-hetero) is 1. The van der Waals surface area contributed by atoms with Gasteiger partial charge in [-0.05, 0) is 61.5 Å². The molecule has 0 unspecified atom stereocenters. The molecule has 6 nitrogen and oxygen atoms in total. The van der Waals surface area contributed by atoms with Crippen molar-refractivity contribution in [3.8, 4) is 11.5 Å². The standard InChI is InChI=1S/C24H20N4O2/c1-17(29)18-6-5-7-20(16-18)26-23-14-15-25-24(28-23)27-19-10-12-22(13-11-19)30-21-8-3-2-4-9-21/h2-16H,1H3,(H2,25,26,27,28). The van der Waals surface area contributed by atoms with E-state index in [-0.39, 0.29) is 5.78 Å². The summed E-state index contributed by atoms with van der Waals surface area (Å²) in [4.78, 5) is 20.3. The lowest BCUT2D eigenvalue weighted by Crippen LogP contribution is -2.01. The van der Waals surface area contributed by atoms with Crippen molar-refractivity contribution < 1.29 is 9.53 Å². The highest BCUT2D eigenvalue weighted by Crippen LogP contribution is 2.24. The highest BCUT2D eigenvalue weighted by molar-refractivity contribution is 5.95. The zero-order chi connectivity index (χ0) is 20.8. The number of ether oxygens (including phenoxy) is 1.